The zero-order chi connectivity index (χ0) is 23.2. The van der Waals surface area contributed by atoms with Gasteiger partial charge in [0.15, 0.2) is 0 Å². The van der Waals surface area contributed by atoms with Gasteiger partial charge < -0.3 is 27.9 Å². The molecule has 33 heavy (non-hydrogen) atoms. The zero-order valence-electron chi connectivity index (χ0n) is 18.6. The second kappa shape index (κ2) is 10.3. The third-order valence-electron chi connectivity index (χ3n) is 5.46. The summed E-state index contributed by atoms with van der Waals surface area (Å²) in [6.07, 6.45) is 1.31. The van der Waals surface area contributed by atoms with E-state index in [9.17, 15) is 9.59 Å². The number of nitrogens with zero attached hydrogens (tertiary/aromatic N) is 2. The first-order valence-electron chi connectivity index (χ1n) is 10.6. The lowest BCUT2D eigenvalue weighted by atomic mass is 10.2. The molecule has 2 aromatic heterocycles. The molecule has 1 aliphatic heterocycles. The molecule has 0 atom stereocenters. The van der Waals surface area contributed by atoms with Crippen LogP contribution in [0.2, 0.25) is 0 Å². The van der Waals surface area contributed by atoms with Gasteiger partial charge in [-0.05, 0) is 36.4 Å². The molecule has 1 fully saturated rings. The Morgan fingerprint density at radius 2 is 1.76 bits per heavy atom. The second-order valence-corrected chi connectivity index (χ2v) is 7.58. The van der Waals surface area contributed by atoms with Crippen molar-refractivity contribution in [2.45, 2.75) is 13.2 Å². The van der Waals surface area contributed by atoms with Gasteiger partial charge in [-0.15, -0.1) is 0 Å². The summed E-state index contributed by atoms with van der Waals surface area (Å²) in [7, 11) is 2.93. The van der Waals surface area contributed by atoms with Crippen LogP contribution >= 0.6 is 0 Å². The van der Waals surface area contributed by atoms with Gasteiger partial charge in [0.2, 0.25) is 16.9 Å². The Labute approximate surface area is 191 Å². The quantitative estimate of drug-likeness (QED) is 0.476. The van der Waals surface area contributed by atoms with E-state index in [-0.39, 0.29) is 23.5 Å². The molecule has 0 unspecified atom stereocenters. The Hall–Kier alpha value is -3.72. The summed E-state index contributed by atoms with van der Waals surface area (Å²) in [5.41, 5.74) is 0.895. The molecule has 0 spiro atoms. The fourth-order valence-corrected chi connectivity index (χ4v) is 3.62. The van der Waals surface area contributed by atoms with Crippen LogP contribution in [0.3, 0.4) is 0 Å². The molecule has 3 aromatic rings. The average Bonchev–Trinajstić information content (AvgIpc) is 3.33. The van der Waals surface area contributed by atoms with Crippen LogP contribution < -0.4 is 19.8 Å². The van der Waals surface area contributed by atoms with Gasteiger partial charge in [-0.2, -0.15) is 0 Å². The molecule has 9 nitrogen and oxygen atoms in total. The Morgan fingerprint density at radius 1 is 1.00 bits per heavy atom. The summed E-state index contributed by atoms with van der Waals surface area (Å²) in [5, 5.41) is 0. The first-order valence-corrected chi connectivity index (χ1v) is 10.6. The molecular weight excluding hydrogens is 428 g/mol. The van der Waals surface area contributed by atoms with Crippen LogP contribution in [0.5, 0.6) is 11.5 Å². The molecule has 1 aromatic carbocycles. The summed E-state index contributed by atoms with van der Waals surface area (Å²) in [6.45, 7) is 4.02. The van der Waals surface area contributed by atoms with Crippen LogP contribution in [0.15, 0.2) is 62.4 Å². The highest BCUT2D eigenvalue weighted by molar-refractivity contribution is 5.86. The lowest BCUT2D eigenvalue weighted by Crippen LogP contribution is -2.46. The summed E-state index contributed by atoms with van der Waals surface area (Å²) in [5.74, 6) is 1.40. The number of piperazine rings is 1. The Balaban J connectivity index is 1.28. The third kappa shape index (κ3) is 5.56. The monoisotopic (exact) mass is 454 g/mol. The van der Waals surface area contributed by atoms with E-state index in [1.807, 2.05) is 12.1 Å². The highest BCUT2D eigenvalue weighted by atomic mass is 16.5. The zero-order valence-corrected chi connectivity index (χ0v) is 18.6. The van der Waals surface area contributed by atoms with Crippen LogP contribution in [-0.4, -0.2) is 51.3 Å². The SMILES string of the molecule is COC(=O)c1ccc(COc2coc(CN3CCN(c4ccc(OC)cc4)CC3)cc2=O)o1. The molecule has 0 saturated carbocycles. The molecular formula is C24H26N2O7. The number of benzene rings is 1. The molecule has 174 valence electrons. The van der Waals surface area contributed by atoms with Crippen molar-refractivity contribution in [2.24, 2.45) is 0 Å². The van der Waals surface area contributed by atoms with E-state index in [2.05, 4.69) is 26.7 Å². The van der Waals surface area contributed by atoms with Crippen molar-refractivity contribution in [3.63, 3.8) is 0 Å². The van der Waals surface area contributed by atoms with Gasteiger partial charge in [0.05, 0.1) is 20.8 Å². The number of esters is 1. The van der Waals surface area contributed by atoms with E-state index in [0.29, 0.717) is 18.1 Å². The Bertz CT molecular complexity index is 1130. The topological polar surface area (TPSA) is 94.6 Å². The largest absolute Gasteiger partial charge is 0.497 e. The maximum Gasteiger partial charge on any atom is 0.373 e. The number of methoxy groups -OCH3 is 2. The van der Waals surface area contributed by atoms with Gasteiger partial charge >= 0.3 is 5.97 Å². The predicted octanol–water partition coefficient (Wildman–Crippen LogP) is 2.93. The van der Waals surface area contributed by atoms with Crippen molar-refractivity contribution in [1.82, 2.24) is 4.90 Å². The van der Waals surface area contributed by atoms with Crippen LogP contribution in [0, 0.1) is 0 Å². The number of furan rings is 1. The van der Waals surface area contributed by atoms with Crippen molar-refractivity contribution in [3.8, 4) is 11.5 Å². The number of carbonyl (C=O) groups excluding carboxylic acids is 1. The molecule has 4 rings (SSSR count). The van der Waals surface area contributed by atoms with Crippen molar-refractivity contribution >= 4 is 11.7 Å². The number of carbonyl (C=O) groups is 1. The maximum atomic E-state index is 12.4. The fraction of sp³-hybridized carbons (Fsp3) is 0.333. The van der Waals surface area contributed by atoms with Crippen molar-refractivity contribution in [2.75, 3.05) is 45.3 Å². The van der Waals surface area contributed by atoms with E-state index >= 15 is 0 Å². The number of hydrogen-bond acceptors (Lipinski definition) is 9. The standard InChI is InChI=1S/C24H26N2O7/c1-29-18-5-3-17(4-6-18)26-11-9-25(10-12-26)14-20-13-21(27)23(16-31-20)32-15-19-7-8-22(33-19)24(28)30-2/h3-8,13,16H,9-12,14-15H2,1-2H3. The molecule has 3 heterocycles. The Morgan fingerprint density at radius 3 is 2.42 bits per heavy atom. The molecule has 1 saturated heterocycles. The summed E-state index contributed by atoms with van der Waals surface area (Å²) < 4.78 is 26.3. The predicted molar refractivity (Wildman–Crippen MR) is 120 cm³/mol. The van der Waals surface area contributed by atoms with Gasteiger partial charge in [0.25, 0.3) is 0 Å². The molecule has 9 heteroatoms. The summed E-state index contributed by atoms with van der Waals surface area (Å²) in [4.78, 5) is 28.4. The van der Waals surface area contributed by atoms with Gasteiger partial charge in [-0.25, -0.2) is 4.79 Å². The number of rotatable bonds is 8. The minimum Gasteiger partial charge on any atom is -0.497 e. The van der Waals surface area contributed by atoms with E-state index in [0.717, 1.165) is 31.9 Å². The van der Waals surface area contributed by atoms with E-state index in [4.69, 9.17) is 18.3 Å². The fourth-order valence-electron chi connectivity index (χ4n) is 3.62. The lowest BCUT2D eigenvalue weighted by Gasteiger charge is -2.35. The smallest absolute Gasteiger partial charge is 0.373 e. The highest BCUT2D eigenvalue weighted by Gasteiger charge is 2.19. The molecule has 0 radical (unpaired) electrons. The van der Waals surface area contributed by atoms with Crippen LogP contribution in [0.25, 0.3) is 0 Å². The van der Waals surface area contributed by atoms with Crippen LogP contribution in [0.1, 0.15) is 22.1 Å². The normalized spacial score (nSPS) is 14.2. The highest BCUT2D eigenvalue weighted by Crippen LogP contribution is 2.21. The maximum absolute atomic E-state index is 12.4. The van der Waals surface area contributed by atoms with Crippen molar-refractivity contribution < 1.29 is 27.8 Å². The molecule has 0 amide bonds. The summed E-state index contributed by atoms with van der Waals surface area (Å²) in [6, 6.07) is 12.6. The number of hydrogen-bond donors (Lipinski definition) is 0. The van der Waals surface area contributed by atoms with E-state index < -0.39 is 5.97 Å². The second-order valence-electron chi connectivity index (χ2n) is 7.58. The number of anilines is 1. The minimum absolute atomic E-state index is 0.00553. The molecule has 1 aliphatic rings. The first-order chi connectivity index (χ1) is 16.1. The molecule has 0 N–H and O–H groups in total. The van der Waals surface area contributed by atoms with Gasteiger partial charge in [-0.1, -0.05) is 0 Å². The number of ether oxygens (including phenoxy) is 3. The van der Waals surface area contributed by atoms with Gasteiger partial charge in [0, 0.05) is 37.9 Å². The van der Waals surface area contributed by atoms with Crippen molar-refractivity contribution in [1.29, 1.82) is 0 Å². The average molecular weight is 454 g/mol. The summed E-state index contributed by atoms with van der Waals surface area (Å²) >= 11 is 0. The van der Waals surface area contributed by atoms with Gasteiger partial charge in [0.1, 0.15) is 30.1 Å². The van der Waals surface area contributed by atoms with Crippen LogP contribution in [-0.2, 0) is 17.9 Å². The first kappa shape index (κ1) is 22.5. The molecule has 0 aliphatic carbocycles. The van der Waals surface area contributed by atoms with Gasteiger partial charge in [-0.3, -0.25) is 9.69 Å². The molecule has 0 bridgehead atoms. The third-order valence-corrected chi connectivity index (χ3v) is 5.46. The van der Waals surface area contributed by atoms with E-state index in [1.54, 1.807) is 13.2 Å². The van der Waals surface area contributed by atoms with Crippen molar-refractivity contribution in [3.05, 3.63) is 76.2 Å². The van der Waals surface area contributed by atoms with E-state index in [1.165, 1.54) is 31.2 Å². The Kier molecular flexibility index (Phi) is 6.99. The minimum atomic E-state index is -0.574. The lowest BCUT2D eigenvalue weighted by molar-refractivity contribution is 0.0561. The van der Waals surface area contributed by atoms with Crippen LogP contribution in [0.4, 0.5) is 5.69 Å².